The molecule has 0 saturated carbocycles. The number of rotatable bonds is 7. The van der Waals surface area contributed by atoms with Crippen LogP contribution >= 0.6 is 0 Å². The summed E-state index contributed by atoms with van der Waals surface area (Å²) < 4.78 is 42.1. The van der Waals surface area contributed by atoms with E-state index in [2.05, 4.69) is 4.74 Å². The van der Waals surface area contributed by atoms with Crippen LogP contribution in [-0.4, -0.2) is 12.6 Å². The first-order valence-corrected chi connectivity index (χ1v) is 6.80. The van der Waals surface area contributed by atoms with Crippen molar-refractivity contribution in [3.8, 4) is 0 Å². The monoisotopic (exact) mass is 310 g/mol. The van der Waals surface area contributed by atoms with Crippen LogP contribution in [0, 0.1) is 0 Å². The maximum atomic E-state index is 13.7. The Kier molecular flexibility index (Phi) is 5.27. The Morgan fingerprint density at radius 2 is 1.86 bits per heavy atom. The van der Waals surface area contributed by atoms with Crippen molar-refractivity contribution in [2.45, 2.75) is 26.1 Å². The predicted octanol–water partition coefficient (Wildman–Crippen LogP) is 3.65. The molecule has 1 aromatic heterocycles. The minimum atomic E-state index is -3.80. The van der Waals surface area contributed by atoms with E-state index in [1.54, 1.807) is 0 Å². The summed E-state index contributed by atoms with van der Waals surface area (Å²) in [6.07, 6.45) is 0. The molecule has 118 valence electrons. The van der Waals surface area contributed by atoms with E-state index in [1.165, 1.54) is 13.0 Å². The quantitative estimate of drug-likeness (QED) is 0.732. The summed E-state index contributed by atoms with van der Waals surface area (Å²) in [5.74, 6) is -5.95. The number of hydrogen-bond acceptors (Lipinski definition) is 4. The average molecular weight is 310 g/mol. The van der Waals surface area contributed by atoms with Crippen molar-refractivity contribution >= 4 is 5.97 Å². The van der Waals surface area contributed by atoms with Crippen LogP contribution in [0.25, 0.3) is 0 Å². The number of carbonyl (C=O) groups is 1. The van der Waals surface area contributed by atoms with Gasteiger partial charge in [0, 0.05) is 0 Å². The topological polar surface area (TPSA) is 48.7 Å². The molecular weight excluding hydrogens is 294 g/mol. The Balaban J connectivity index is 1.92. The number of hydrogen-bond donors (Lipinski definition) is 0. The molecule has 6 heteroatoms. The van der Waals surface area contributed by atoms with Gasteiger partial charge in [-0.15, -0.1) is 0 Å². The Hall–Kier alpha value is -2.21. The van der Waals surface area contributed by atoms with E-state index in [-0.39, 0.29) is 19.0 Å². The number of esters is 1. The zero-order chi connectivity index (χ0) is 16.0. The van der Waals surface area contributed by atoms with Crippen molar-refractivity contribution in [2.75, 3.05) is 6.61 Å². The number of carbonyl (C=O) groups excluding carboxylic acids is 1. The number of furan rings is 1. The van der Waals surface area contributed by atoms with Gasteiger partial charge in [0.25, 0.3) is 0 Å². The van der Waals surface area contributed by atoms with Gasteiger partial charge < -0.3 is 13.9 Å². The minimum Gasteiger partial charge on any atom is -0.461 e. The van der Waals surface area contributed by atoms with Gasteiger partial charge in [-0.2, -0.15) is 8.78 Å². The van der Waals surface area contributed by atoms with Gasteiger partial charge in [0.15, 0.2) is 5.76 Å². The second-order valence-corrected chi connectivity index (χ2v) is 4.54. The highest BCUT2D eigenvalue weighted by Gasteiger charge is 2.46. The van der Waals surface area contributed by atoms with Crippen LogP contribution in [0.4, 0.5) is 8.78 Å². The largest absolute Gasteiger partial charge is 0.461 e. The standard InChI is InChI=1S/C16H16F2O4/c1-2-21-15(19)16(17,18)14-9-8-13(22-14)11-20-10-12-6-4-3-5-7-12/h3-9H,2,10-11H2,1H3. The van der Waals surface area contributed by atoms with Crippen molar-refractivity contribution in [3.05, 3.63) is 59.5 Å². The summed E-state index contributed by atoms with van der Waals surface area (Å²) in [4.78, 5) is 11.2. The lowest BCUT2D eigenvalue weighted by Crippen LogP contribution is -2.27. The molecule has 22 heavy (non-hydrogen) atoms. The zero-order valence-electron chi connectivity index (χ0n) is 12.1. The van der Waals surface area contributed by atoms with Crippen LogP contribution in [0.5, 0.6) is 0 Å². The van der Waals surface area contributed by atoms with Crippen molar-refractivity contribution < 1.29 is 27.5 Å². The average Bonchev–Trinajstić information content (AvgIpc) is 2.98. The van der Waals surface area contributed by atoms with Crippen molar-refractivity contribution in [1.29, 1.82) is 0 Å². The molecule has 0 amide bonds. The lowest BCUT2D eigenvalue weighted by molar-refractivity contribution is -0.175. The summed E-state index contributed by atoms with van der Waals surface area (Å²) >= 11 is 0. The molecule has 0 saturated heterocycles. The molecule has 0 unspecified atom stereocenters. The highest BCUT2D eigenvalue weighted by atomic mass is 19.3. The third-order valence-corrected chi connectivity index (χ3v) is 2.86. The molecule has 0 aliphatic heterocycles. The number of halogens is 2. The fourth-order valence-corrected chi connectivity index (χ4v) is 1.79. The summed E-state index contributed by atoms with van der Waals surface area (Å²) in [7, 11) is 0. The molecule has 2 rings (SSSR count). The SMILES string of the molecule is CCOC(=O)C(F)(F)c1ccc(COCc2ccccc2)o1. The Morgan fingerprint density at radius 3 is 2.55 bits per heavy atom. The fraction of sp³-hybridized carbons (Fsp3) is 0.312. The number of benzene rings is 1. The lowest BCUT2D eigenvalue weighted by Gasteiger charge is -2.11. The van der Waals surface area contributed by atoms with E-state index in [0.29, 0.717) is 6.61 Å². The van der Waals surface area contributed by atoms with Crippen LogP contribution in [0.15, 0.2) is 46.9 Å². The van der Waals surface area contributed by atoms with E-state index in [9.17, 15) is 13.6 Å². The highest BCUT2D eigenvalue weighted by Crippen LogP contribution is 2.31. The summed E-state index contributed by atoms with van der Waals surface area (Å²) in [6.45, 7) is 1.71. The van der Waals surface area contributed by atoms with Crippen LogP contribution in [0.1, 0.15) is 24.0 Å². The number of alkyl halides is 2. The van der Waals surface area contributed by atoms with E-state index < -0.39 is 17.7 Å². The maximum absolute atomic E-state index is 13.7. The van der Waals surface area contributed by atoms with E-state index >= 15 is 0 Å². The molecule has 0 bridgehead atoms. The minimum absolute atomic E-state index is 0.0355. The maximum Gasteiger partial charge on any atom is 0.399 e. The molecule has 1 heterocycles. The third-order valence-electron chi connectivity index (χ3n) is 2.86. The smallest absolute Gasteiger partial charge is 0.399 e. The first-order chi connectivity index (χ1) is 10.5. The molecular formula is C16H16F2O4. The van der Waals surface area contributed by atoms with Crippen molar-refractivity contribution in [3.63, 3.8) is 0 Å². The van der Waals surface area contributed by atoms with Gasteiger partial charge in [0.05, 0.1) is 13.2 Å². The molecule has 2 aromatic rings. The van der Waals surface area contributed by atoms with Crippen LogP contribution in [-0.2, 0) is 33.4 Å². The summed E-state index contributed by atoms with van der Waals surface area (Å²) in [6, 6.07) is 11.8. The zero-order valence-corrected chi connectivity index (χ0v) is 12.1. The first-order valence-electron chi connectivity index (χ1n) is 6.80. The molecule has 0 N–H and O–H groups in total. The van der Waals surface area contributed by atoms with E-state index in [0.717, 1.165) is 11.6 Å². The fourth-order valence-electron chi connectivity index (χ4n) is 1.79. The van der Waals surface area contributed by atoms with Gasteiger partial charge in [-0.05, 0) is 24.6 Å². The van der Waals surface area contributed by atoms with Crippen LogP contribution < -0.4 is 0 Å². The van der Waals surface area contributed by atoms with Gasteiger partial charge >= 0.3 is 11.9 Å². The molecule has 0 aliphatic rings. The molecule has 1 aromatic carbocycles. The van der Waals surface area contributed by atoms with E-state index in [1.807, 2.05) is 30.3 Å². The Bertz CT molecular complexity index is 608. The van der Waals surface area contributed by atoms with E-state index in [4.69, 9.17) is 9.15 Å². The molecule has 0 fully saturated rings. The summed E-state index contributed by atoms with van der Waals surface area (Å²) in [5, 5.41) is 0. The Labute approximate surface area is 126 Å². The predicted molar refractivity (Wildman–Crippen MR) is 74.2 cm³/mol. The van der Waals surface area contributed by atoms with Crippen molar-refractivity contribution in [1.82, 2.24) is 0 Å². The normalized spacial score (nSPS) is 11.4. The molecule has 0 atom stereocenters. The van der Waals surface area contributed by atoms with Crippen LogP contribution in [0.3, 0.4) is 0 Å². The molecule has 0 spiro atoms. The second kappa shape index (κ2) is 7.17. The van der Waals surface area contributed by atoms with Gasteiger partial charge in [-0.25, -0.2) is 4.79 Å². The van der Waals surface area contributed by atoms with Crippen LogP contribution in [0.2, 0.25) is 0 Å². The second-order valence-electron chi connectivity index (χ2n) is 4.54. The highest BCUT2D eigenvalue weighted by molar-refractivity contribution is 5.78. The van der Waals surface area contributed by atoms with Gasteiger partial charge in [0.1, 0.15) is 12.4 Å². The number of ether oxygens (including phenoxy) is 2. The molecule has 0 radical (unpaired) electrons. The molecule has 0 aliphatic carbocycles. The first kappa shape index (κ1) is 16.2. The van der Waals surface area contributed by atoms with Gasteiger partial charge in [-0.1, -0.05) is 30.3 Å². The van der Waals surface area contributed by atoms with Gasteiger partial charge in [-0.3, -0.25) is 0 Å². The lowest BCUT2D eigenvalue weighted by atomic mass is 10.2. The van der Waals surface area contributed by atoms with Gasteiger partial charge in [0.2, 0.25) is 0 Å². The molecule has 4 nitrogen and oxygen atoms in total. The third kappa shape index (κ3) is 3.92. The Morgan fingerprint density at radius 1 is 1.14 bits per heavy atom. The summed E-state index contributed by atoms with van der Waals surface area (Å²) in [5.41, 5.74) is 0.964. The van der Waals surface area contributed by atoms with Crippen molar-refractivity contribution in [2.24, 2.45) is 0 Å².